The van der Waals surface area contributed by atoms with E-state index in [2.05, 4.69) is 28.1 Å². The first-order chi connectivity index (χ1) is 6.68. The fourth-order valence-electron chi connectivity index (χ4n) is 1.81. The molecule has 1 aliphatic rings. The van der Waals surface area contributed by atoms with E-state index in [1.54, 1.807) is 11.3 Å². The van der Waals surface area contributed by atoms with Crippen molar-refractivity contribution in [1.82, 2.24) is 0 Å². The second-order valence-electron chi connectivity index (χ2n) is 3.90. The molecule has 0 aliphatic carbocycles. The van der Waals surface area contributed by atoms with E-state index in [0.29, 0.717) is 6.61 Å². The number of halogens is 1. The van der Waals surface area contributed by atoms with Crippen molar-refractivity contribution in [3.8, 4) is 0 Å². The van der Waals surface area contributed by atoms with Crippen LogP contribution in [-0.2, 0) is 11.2 Å². The maximum absolute atomic E-state index is 6.27. The highest BCUT2D eigenvalue weighted by atomic mass is 79.9. The van der Waals surface area contributed by atoms with Crippen LogP contribution >= 0.6 is 27.3 Å². The molecule has 1 fully saturated rings. The first-order valence-electron chi connectivity index (χ1n) is 4.79. The van der Waals surface area contributed by atoms with E-state index in [4.69, 9.17) is 10.5 Å². The van der Waals surface area contributed by atoms with Crippen molar-refractivity contribution >= 4 is 27.3 Å². The van der Waals surface area contributed by atoms with Crippen LogP contribution < -0.4 is 5.73 Å². The summed E-state index contributed by atoms with van der Waals surface area (Å²) in [5.74, 6) is 0. The van der Waals surface area contributed by atoms with Crippen LogP contribution in [0.15, 0.2) is 15.9 Å². The van der Waals surface area contributed by atoms with Gasteiger partial charge in [-0.25, -0.2) is 0 Å². The lowest BCUT2D eigenvalue weighted by atomic mass is 9.89. The quantitative estimate of drug-likeness (QED) is 0.901. The molecule has 0 saturated carbocycles. The molecule has 1 unspecified atom stereocenters. The van der Waals surface area contributed by atoms with Crippen LogP contribution in [0.25, 0.3) is 0 Å². The largest absolute Gasteiger partial charge is 0.380 e. The van der Waals surface area contributed by atoms with Crippen LogP contribution in [0.1, 0.15) is 17.7 Å². The third-order valence-corrected chi connectivity index (χ3v) is 4.13. The summed E-state index contributed by atoms with van der Waals surface area (Å²) in [7, 11) is 0. The number of hydrogen-bond donors (Lipinski definition) is 1. The number of nitrogens with two attached hydrogens (primary N) is 1. The number of ether oxygens (including phenoxy) is 1. The molecule has 1 atom stereocenters. The van der Waals surface area contributed by atoms with Crippen molar-refractivity contribution in [2.24, 2.45) is 5.73 Å². The van der Waals surface area contributed by atoms with Crippen LogP contribution in [-0.4, -0.2) is 18.8 Å². The van der Waals surface area contributed by atoms with E-state index in [1.807, 2.05) is 0 Å². The first kappa shape index (κ1) is 10.6. The molecule has 1 aliphatic heterocycles. The molecule has 14 heavy (non-hydrogen) atoms. The van der Waals surface area contributed by atoms with Crippen molar-refractivity contribution in [1.29, 1.82) is 0 Å². The lowest BCUT2D eigenvalue weighted by Gasteiger charge is -2.32. The zero-order valence-electron chi connectivity index (χ0n) is 7.96. The maximum Gasteiger partial charge on any atom is 0.0701 e. The Bertz CT molecular complexity index is 307. The van der Waals surface area contributed by atoms with Gasteiger partial charge in [0.05, 0.1) is 10.4 Å². The summed E-state index contributed by atoms with van der Waals surface area (Å²) < 4.78 is 6.61. The van der Waals surface area contributed by atoms with Crippen molar-refractivity contribution in [2.45, 2.75) is 24.8 Å². The smallest absolute Gasteiger partial charge is 0.0701 e. The molecule has 78 valence electrons. The van der Waals surface area contributed by atoms with Gasteiger partial charge in [0, 0.05) is 23.4 Å². The minimum absolute atomic E-state index is 0.136. The standard InChI is InChI=1S/C10H14BrNOS/c11-9-3-2-8(14-9)6-10(12)4-1-5-13-7-10/h2-3H,1,4-7,12H2. The number of thiophene rings is 1. The van der Waals surface area contributed by atoms with Gasteiger partial charge >= 0.3 is 0 Å². The third kappa shape index (κ3) is 2.57. The fraction of sp³-hybridized carbons (Fsp3) is 0.600. The van der Waals surface area contributed by atoms with E-state index >= 15 is 0 Å². The molecule has 2 nitrogen and oxygen atoms in total. The van der Waals surface area contributed by atoms with Gasteiger partial charge in [0.2, 0.25) is 0 Å². The summed E-state index contributed by atoms with van der Waals surface area (Å²) in [6.07, 6.45) is 3.09. The predicted octanol–water partition coefficient (Wildman–Crippen LogP) is 2.56. The highest BCUT2D eigenvalue weighted by molar-refractivity contribution is 9.11. The SMILES string of the molecule is NC1(Cc2ccc(Br)s2)CCCOC1. The van der Waals surface area contributed by atoms with Gasteiger partial charge < -0.3 is 10.5 Å². The predicted molar refractivity (Wildman–Crippen MR) is 62.7 cm³/mol. The van der Waals surface area contributed by atoms with Crippen molar-refractivity contribution in [3.05, 3.63) is 20.8 Å². The van der Waals surface area contributed by atoms with Crippen LogP contribution in [0.4, 0.5) is 0 Å². The maximum atomic E-state index is 6.27. The molecule has 1 aromatic heterocycles. The second kappa shape index (κ2) is 4.31. The molecular weight excluding hydrogens is 262 g/mol. The summed E-state index contributed by atoms with van der Waals surface area (Å²) in [5.41, 5.74) is 6.13. The topological polar surface area (TPSA) is 35.2 Å². The average Bonchev–Trinajstić information content (AvgIpc) is 2.51. The summed E-state index contributed by atoms with van der Waals surface area (Å²) in [6.45, 7) is 1.57. The average molecular weight is 276 g/mol. The highest BCUT2D eigenvalue weighted by Crippen LogP contribution is 2.28. The molecule has 0 spiro atoms. The monoisotopic (exact) mass is 275 g/mol. The minimum Gasteiger partial charge on any atom is -0.380 e. The summed E-state index contributed by atoms with van der Waals surface area (Å²) >= 11 is 5.22. The summed E-state index contributed by atoms with van der Waals surface area (Å²) in [4.78, 5) is 1.34. The van der Waals surface area contributed by atoms with E-state index in [-0.39, 0.29) is 5.54 Å². The zero-order chi connectivity index (χ0) is 10.0. The summed E-state index contributed by atoms with van der Waals surface area (Å²) in [5, 5.41) is 0. The molecular formula is C10H14BrNOS. The molecule has 0 aromatic carbocycles. The minimum atomic E-state index is -0.136. The number of hydrogen-bond acceptors (Lipinski definition) is 3. The van der Waals surface area contributed by atoms with Crippen molar-refractivity contribution < 1.29 is 4.74 Å². The normalized spacial score (nSPS) is 27.9. The second-order valence-corrected chi connectivity index (χ2v) is 6.45. The lowest BCUT2D eigenvalue weighted by Crippen LogP contribution is -2.49. The highest BCUT2D eigenvalue weighted by Gasteiger charge is 2.28. The summed E-state index contributed by atoms with van der Waals surface area (Å²) in [6, 6.07) is 4.21. The Morgan fingerprint density at radius 2 is 2.43 bits per heavy atom. The van der Waals surface area contributed by atoms with Crippen LogP contribution in [0, 0.1) is 0 Å². The molecule has 0 amide bonds. The zero-order valence-corrected chi connectivity index (χ0v) is 10.4. The van der Waals surface area contributed by atoms with E-state index in [9.17, 15) is 0 Å². The van der Waals surface area contributed by atoms with Gasteiger partial charge in [0.15, 0.2) is 0 Å². The Morgan fingerprint density at radius 3 is 3.00 bits per heavy atom. The van der Waals surface area contributed by atoms with E-state index in [0.717, 1.165) is 25.9 Å². The van der Waals surface area contributed by atoms with Crippen molar-refractivity contribution in [2.75, 3.05) is 13.2 Å². The Morgan fingerprint density at radius 1 is 1.57 bits per heavy atom. The lowest BCUT2D eigenvalue weighted by molar-refractivity contribution is 0.0385. The van der Waals surface area contributed by atoms with Crippen LogP contribution in [0.2, 0.25) is 0 Å². The number of rotatable bonds is 2. The molecule has 2 heterocycles. The van der Waals surface area contributed by atoms with Gasteiger partial charge in [0.25, 0.3) is 0 Å². The Labute approximate surface area is 96.6 Å². The molecule has 2 rings (SSSR count). The van der Waals surface area contributed by atoms with Crippen molar-refractivity contribution in [3.63, 3.8) is 0 Å². The van der Waals surface area contributed by atoms with Gasteiger partial charge in [-0.15, -0.1) is 11.3 Å². The Kier molecular flexibility index (Phi) is 3.27. The Balaban J connectivity index is 2.01. The van der Waals surface area contributed by atoms with Crippen LogP contribution in [0.5, 0.6) is 0 Å². The molecule has 0 radical (unpaired) electrons. The van der Waals surface area contributed by atoms with Gasteiger partial charge in [0.1, 0.15) is 0 Å². The molecule has 1 saturated heterocycles. The van der Waals surface area contributed by atoms with Gasteiger partial charge in [-0.3, -0.25) is 0 Å². The fourth-order valence-corrected chi connectivity index (χ4v) is 3.45. The Hall–Kier alpha value is 0.1000. The molecule has 4 heteroatoms. The van der Waals surface area contributed by atoms with E-state index < -0.39 is 0 Å². The van der Waals surface area contributed by atoms with E-state index in [1.165, 1.54) is 8.66 Å². The van der Waals surface area contributed by atoms with Crippen LogP contribution in [0.3, 0.4) is 0 Å². The third-order valence-electron chi connectivity index (χ3n) is 2.51. The van der Waals surface area contributed by atoms with Gasteiger partial charge in [-0.1, -0.05) is 0 Å². The van der Waals surface area contributed by atoms with Gasteiger partial charge in [-0.05, 0) is 40.9 Å². The van der Waals surface area contributed by atoms with Gasteiger partial charge in [-0.2, -0.15) is 0 Å². The first-order valence-corrected chi connectivity index (χ1v) is 6.40. The molecule has 0 bridgehead atoms. The molecule has 2 N–H and O–H groups in total. The molecule has 1 aromatic rings.